The SMILES string of the molecule is CN(CC(=O)Nc1cc(-c2nccn2C)no1)C(=O)c1ccc(Br)s1. The van der Waals surface area contributed by atoms with E-state index in [9.17, 15) is 9.59 Å². The number of rotatable bonds is 5. The van der Waals surface area contributed by atoms with Crippen LogP contribution in [0.15, 0.2) is 38.9 Å². The molecule has 0 saturated carbocycles. The quantitative estimate of drug-likeness (QED) is 0.680. The monoisotopic (exact) mass is 423 g/mol. The summed E-state index contributed by atoms with van der Waals surface area (Å²) in [5, 5.41) is 6.46. The van der Waals surface area contributed by atoms with Crippen molar-refractivity contribution in [3.8, 4) is 11.5 Å². The molecule has 0 bridgehead atoms. The number of hydrogen-bond donors (Lipinski definition) is 1. The number of likely N-dealkylation sites (N-methyl/N-ethyl adjacent to an activating group) is 1. The van der Waals surface area contributed by atoms with Crippen LogP contribution in [0.3, 0.4) is 0 Å². The van der Waals surface area contributed by atoms with E-state index < -0.39 is 0 Å². The molecular formula is C15H14BrN5O3S. The molecular weight excluding hydrogens is 410 g/mol. The highest BCUT2D eigenvalue weighted by Gasteiger charge is 2.18. The second-order valence-corrected chi connectivity index (χ2v) is 7.71. The first-order valence-corrected chi connectivity index (χ1v) is 8.80. The minimum atomic E-state index is -0.381. The number of hydrogen-bond acceptors (Lipinski definition) is 6. The van der Waals surface area contributed by atoms with Crippen molar-refractivity contribution in [2.24, 2.45) is 7.05 Å². The summed E-state index contributed by atoms with van der Waals surface area (Å²) < 4.78 is 7.75. The highest BCUT2D eigenvalue weighted by molar-refractivity contribution is 9.11. The Morgan fingerprint density at radius 2 is 2.24 bits per heavy atom. The Morgan fingerprint density at radius 1 is 1.44 bits per heavy atom. The van der Waals surface area contributed by atoms with Gasteiger partial charge >= 0.3 is 0 Å². The van der Waals surface area contributed by atoms with E-state index in [1.165, 1.54) is 16.2 Å². The van der Waals surface area contributed by atoms with Crippen molar-refractivity contribution in [3.63, 3.8) is 0 Å². The number of carbonyl (C=O) groups excluding carboxylic acids is 2. The van der Waals surface area contributed by atoms with E-state index in [2.05, 4.69) is 31.4 Å². The van der Waals surface area contributed by atoms with Crippen molar-refractivity contribution in [1.82, 2.24) is 19.6 Å². The molecule has 0 aliphatic heterocycles. The van der Waals surface area contributed by atoms with Gasteiger partial charge < -0.3 is 14.0 Å². The Hall–Kier alpha value is -2.46. The first-order chi connectivity index (χ1) is 11.9. The van der Waals surface area contributed by atoms with Gasteiger partial charge in [0.25, 0.3) is 5.91 Å². The zero-order chi connectivity index (χ0) is 18.0. The molecule has 0 aliphatic carbocycles. The standard InChI is InChI=1S/C15H14BrN5O3S/c1-20-6-5-17-14(20)9-7-13(24-19-9)18-12(22)8-21(2)15(23)10-3-4-11(16)25-10/h3-7H,8H2,1-2H3,(H,18,22). The molecule has 10 heteroatoms. The highest BCUT2D eigenvalue weighted by atomic mass is 79.9. The number of carbonyl (C=O) groups is 2. The number of amides is 2. The van der Waals surface area contributed by atoms with Gasteiger partial charge in [0.15, 0.2) is 11.5 Å². The van der Waals surface area contributed by atoms with Crippen LogP contribution in [-0.4, -0.2) is 45.0 Å². The lowest BCUT2D eigenvalue weighted by Crippen LogP contribution is -2.34. The van der Waals surface area contributed by atoms with Crippen LogP contribution in [-0.2, 0) is 11.8 Å². The van der Waals surface area contributed by atoms with E-state index in [1.807, 2.05) is 7.05 Å². The molecule has 0 fully saturated rings. The number of anilines is 1. The van der Waals surface area contributed by atoms with Crippen LogP contribution >= 0.6 is 27.3 Å². The topological polar surface area (TPSA) is 93.3 Å². The van der Waals surface area contributed by atoms with Crippen LogP contribution in [0.4, 0.5) is 5.88 Å². The van der Waals surface area contributed by atoms with Crippen molar-refractivity contribution in [2.45, 2.75) is 0 Å². The molecule has 0 atom stereocenters. The molecule has 0 aliphatic rings. The van der Waals surface area contributed by atoms with Gasteiger partial charge in [0.2, 0.25) is 11.8 Å². The minimum absolute atomic E-state index is 0.104. The normalized spacial score (nSPS) is 10.7. The highest BCUT2D eigenvalue weighted by Crippen LogP contribution is 2.23. The summed E-state index contributed by atoms with van der Waals surface area (Å²) in [5.41, 5.74) is 0.510. The van der Waals surface area contributed by atoms with Gasteiger partial charge in [0.1, 0.15) is 0 Å². The number of imidazole rings is 1. The first kappa shape index (κ1) is 17.4. The van der Waals surface area contributed by atoms with E-state index >= 15 is 0 Å². The summed E-state index contributed by atoms with van der Waals surface area (Å²) in [4.78, 5) is 30.4. The average Bonchev–Trinajstić information content (AvgIpc) is 3.28. The third-order valence-corrected chi connectivity index (χ3v) is 4.95. The summed E-state index contributed by atoms with van der Waals surface area (Å²) in [6, 6.07) is 5.08. The fraction of sp³-hybridized carbons (Fsp3) is 0.200. The zero-order valence-corrected chi connectivity index (χ0v) is 15.8. The van der Waals surface area contributed by atoms with Crippen LogP contribution in [0.25, 0.3) is 11.5 Å². The maximum atomic E-state index is 12.2. The van der Waals surface area contributed by atoms with Gasteiger partial charge in [-0.25, -0.2) is 4.98 Å². The van der Waals surface area contributed by atoms with Gasteiger partial charge in [-0.2, -0.15) is 0 Å². The van der Waals surface area contributed by atoms with Crippen LogP contribution in [0.2, 0.25) is 0 Å². The van der Waals surface area contributed by atoms with Gasteiger partial charge in [-0.05, 0) is 28.1 Å². The summed E-state index contributed by atoms with van der Waals surface area (Å²) in [5.74, 6) is 0.216. The molecule has 0 spiro atoms. The molecule has 25 heavy (non-hydrogen) atoms. The summed E-state index contributed by atoms with van der Waals surface area (Å²) in [7, 11) is 3.40. The predicted octanol–water partition coefficient (Wildman–Crippen LogP) is 2.61. The van der Waals surface area contributed by atoms with Crippen molar-refractivity contribution in [3.05, 3.63) is 39.3 Å². The van der Waals surface area contributed by atoms with Gasteiger partial charge in [0, 0.05) is 32.6 Å². The molecule has 8 nitrogen and oxygen atoms in total. The van der Waals surface area contributed by atoms with E-state index in [4.69, 9.17) is 4.52 Å². The Labute approximate surface area is 155 Å². The van der Waals surface area contributed by atoms with E-state index in [0.29, 0.717) is 16.4 Å². The molecule has 3 heterocycles. The second kappa shape index (κ2) is 7.19. The van der Waals surface area contributed by atoms with Gasteiger partial charge in [0.05, 0.1) is 15.2 Å². The molecule has 0 radical (unpaired) electrons. The molecule has 3 rings (SSSR count). The number of thiophene rings is 1. The fourth-order valence-electron chi connectivity index (χ4n) is 2.13. The van der Waals surface area contributed by atoms with E-state index in [-0.39, 0.29) is 24.2 Å². The van der Waals surface area contributed by atoms with Crippen LogP contribution in [0, 0.1) is 0 Å². The first-order valence-electron chi connectivity index (χ1n) is 7.19. The maximum absolute atomic E-state index is 12.2. The smallest absolute Gasteiger partial charge is 0.264 e. The number of nitrogens with zero attached hydrogens (tertiary/aromatic N) is 4. The van der Waals surface area contributed by atoms with E-state index in [0.717, 1.165) is 3.79 Å². The Kier molecular flexibility index (Phi) is 5.00. The molecule has 0 saturated heterocycles. The van der Waals surface area contributed by atoms with Crippen LogP contribution < -0.4 is 5.32 Å². The minimum Gasteiger partial charge on any atom is -0.338 e. The lowest BCUT2D eigenvalue weighted by molar-refractivity contribution is -0.116. The lowest BCUT2D eigenvalue weighted by atomic mass is 10.4. The number of nitrogens with one attached hydrogen (secondary N) is 1. The number of halogens is 1. The van der Waals surface area contributed by atoms with Gasteiger partial charge in [-0.15, -0.1) is 11.3 Å². The summed E-state index contributed by atoms with van der Waals surface area (Å²) in [6.45, 7) is -0.104. The van der Waals surface area contributed by atoms with Gasteiger partial charge in [-0.3, -0.25) is 14.9 Å². The van der Waals surface area contributed by atoms with Crippen LogP contribution in [0.5, 0.6) is 0 Å². The predicted molar refractivity (Wildman–Crippen MR) is 96.3 cm³/mol. The Morgan fingerprint density at radius 3 is 2.88 bits per heavy atom. The van der Waals surface area contributed by atoms with Crippen molar-refractivity contribution < 1.29 is 14.1 Å². The van der Waals surface area contributed by atoms with Crippen molar-refractivity contribution in [2.75, 3.05) is 18.9 Å². The maximum Gasteiger partial charge on any atom is 0.264 e. The summed E-state index contributed by atoms with van der Waals surface area (Å²) >= 11 is 4.62. The molecule has 3 aromatic rings. The van der Waals surface area contributed by atoms with Gasteiger partial charge in [-0.1, -0.05) is 5.16 Å². The Balaban J connectivity index is 1.60. The third-order valence-electron chi connectivity index (χ3n) is 3.33. The Bertz CT molecular complexity index is 916. The van der Waals surface area contributed by atoms with E-state index in [1.54, 1.807) is 42.2 Å². The second-order valence-electron chi connectivity index (χ2n) is 5.25. The molecule has 3 aromatic heterocycles. The molecule has 0 aromatic carbocycles. The zero-order valence-electron chi connectivity index (χ0n) is 13.4. The van der Waals surface area contributed by atoms with Crippen molar-refractivity contribution >= 4 is 45.0 Å². The number of aryl methyl sites for hydroxylation is 1. The number of aromatic nitrogens is 3. The molecule has 0 unspecified atom stereocenters. The third kappa shape index (κ3) is 3.97. The largest absolute Gasteiger partial charge is 0.338 e. The van der Waals surface area contributed by atoms with Crippen molar-refractivity contribution in [1.29, 1.82) is 0 Å². The molecule has 130 valence electrons. The lowest BCUT2D eigenvalue weighted by Gasteiger charge is -2.14. The molecule has 1 N–H and O–H groups in total. The van der Waals surface area contributed by atoms with Crippen LogP contribution in [0.1, 0.15) is 9.67 Å². The average molecular weight is 424 g/mol. The molecule has 2 amide bonds. The summed E-state index contributed by atoms with van der Waals surface area (Å²) in [6.07, 6.45) is 3.43. The fourth-order valence-corrected chi connectivity index (χ4v) is 3.51.